The number of methoxy groups -OCH3 is 1. The monoisotopic (exact) mass is 307 g/mol. The molecule has 0 aliphatic heterocycles. The molecule has 1 fully saturated rings. The molecule has 0 spiro atoms. The van der Waals surface area contributed by atoms with Gasteiger partial charge in [0.2, 0.25) is 0 Å². The molecule has 0 heterocycles. The zero-order valence-corrected chi connectivity index (χ0v) is 13.8. The van der Waals surface area contributed by atoms with Gasteiger partial charge < -0.3 is 10.1 Å². The van der Waals surface area contributed by atoms with Crippen molar-refractivity contribution in [2.24, 2.45) is 0 Å². The maximum atomic E-state index is 12.1. The number of ether oxygens (including phenoxy) is 1. The van der Waals surface area contributed by atoms with E-state index in [0.29, 0.717) is 13.1 Å². The number of rotatable bonds is 11. The van der Waals surface area contributed by atoms with Gasteiger partial charge in [-0.1, -0.05) is 6.92 Å². The lowest BCUT2D eigenvalue weighted by Crippen LogP contribution is -2.51. The molecule has 0 aromatic rings. The third-order valence-electron chi connectivity index (χ3n) is 3.94. The van der Waals surface area contributed by atoms with Gasteiger partial charge in [-0.05, 0) is 45.2 Å². The summed E-state index contributed by atoms with van der Waals surface area (Å²) in [7, 11) is -0.134. The van der Waals surface area contributed by atoms with E-state index >= 15 is 0 Å². The van der Waals surface area contributed by atoms with E-state index in [1.54, 1.807) is 14.2 Å². The second kappa shape index (κ2) is 8.29. The fourth-order valence-corrected chi connectivity index (χ4v) is 3.24. The van der Waals surface area contributed by atoms with Gasteiger partial charge in [0.15, 0.2) is 0 Å². The maximum absolute atomic E-state index is 12.1. The summed E-state index contributed by atoms with van der Waals surface area (Å²) in [5.74, 6) is 0. The van der Waals surface area contributed by atoms with Crippen molar-refractivity contribution < 1.29 is 13.2 Å². The first-order valence-electron chi connectivity index (χ1n) is 7.42. The summed E-state index contributed by atoms with van der Waals surface area (Å²) in [4.78, 5) is 0. The molecule has 1 aliphatic carbocycles. The number of hydrogen-bond donors (Lipinski definition) is 2. The van der Waals surface area contributed by atoms with Crippen molar-refractivity contribution >= 4 is 10.2 Å². The first-order chi connectivity index (χ1) is 9.46. The molecule has 0 aromatic heterocycles. The smallest absolute Gasteiger partial charge is 0.279 e. The van der Waals surface area contributed by atoms with Gasteiger partial charge in [0, 0.05) is 27.2 Å². The molecule has 0 aromatic carbocycles. The van der Waals surface area contributed by atoms with Crippen LogP contribution < -0.4 is 10.0 Å². The van der Waals surface area contributed by atoms with Crippen LogP contribution in [-0.2, 0) is 14.9 Å². The molecule has 0 unspecified atom stereocenters. The highest BCUT2D eigenvalue weighted by atomic mass is 32.2. The summed E-state index contributed by atoms with van der Waals surface area (Å²) in [5, 5.41) is 3.26. The van der Waals surface area contributed by atoms with Crippen LogP contribution >= 0.6 is 0 Å². The first-order valence-corrected chi connectivity index (χ1v) is 8.86. The predicted molar refractivity (Wildman–Crippen MR) is 80.9 cm³/mol. The Morgan fingerprint density at radius 2 is 2.00 bits per heavy atom. The molecule has 0 amide bonds. The van der Waals surface area contributed by atoms with Crippen molar-refractivity contribution in [3.8, 4) is 0 Å². The molecule has 7 heteroatoms. The molecule has 2 N–H and O–H groups in total. The first kappa shape index (κ1) is 17.8. The van der Waals surface area contributed by atoms with Gasteiger partial charge in [0.05, 0.1) is 5.60 Å². The van der Waals surface area contributed by atoms with Crippen molar-refractivity contribution in [3.05, 3.63) is 0 Å². The molecule has 0 saturated heterocycles. The minimum absolute atomic E-state index is 0.281. The van der Waals surface area contributed by atoms with Crippen LogP contribution in [0, 0.1) is 0 Å². The van der Waals surface area contributed by atoms with Crippen LogP contribution in [-0.4, -0.2) is 58.7 Å². The standard InChI is InChI=1S/C13H29N3O3S/c1-4-9-14-10-6-11-16(2)20(17,18)15-12-13(19-3)7-5-8-13/h14-15H,4-12H2,1-3H3. The summed E-state index contributed by atoms with van der Waals surface area (Å²) in [5.41, 5.74) is -0.281. The van der Waals surface area contributed by atoms with Crippen LogP contribution in [0.4, 0.5) is 0 Å². The fourth-order valence-electron chi connectivity index (χ4n) is 2.21. The van der Waals surface area contributed by atoms with Gasteiger partial charge in [0.25, 0.3) is 10.2 Å². The average Bonchev–Trinajstić information content (AvgIpc) is 2.37. The Labute approximate surface area is 123 Å². The summed E-state index contributed by atoms with van der Waals surface area (Å²) in [6.07, 6.45) is 4.86. The van der Waals surface area contributed by atoms with Gasteiger partial charge in [-0.3, -0.25) is 0 Å². The van der Waals surface area contributed by atoms with Crippen molar-refractivity contribution in [3.63, 3.8) is 0 Å². The molecule has 0 radical (unpaired) electrons. The van der Waals surface area contributed by atoms with E-state index in [0.717, 1.165) is 45.2 Å². The number of nitrogens with one attached hydrogen (secondary N) is 2. The highest BCUT2D eigenvalue weighted by Gasteiger charge is 2.38. The quantitative estimate of drug-likeness (QED) is 0.552. The average molecular weight is 307 g/mol. The van der Waals surface area contributed by atoms with Gasteiger partial charge in [-0.15, -0.1) is 0 Å². The van der Waals surface area contributed by atoms with E-state index in [9.17, 15) is 8.42 Å². The Morgan fingerprint density at radius 3 is 2.50 bits per heavy atom. The molecule has 0 bridgehead atoms. The maximum Gasteiger partial charge on any atom is 0.279 e. The normalized spacial score (nSPS) is 18.2. The van der Waals surface area contributed by atoms with Gasteiger partial charge in [-0.25, -0.2) is 0 Å². The van der Waals surface area contributed by atoms with E-state index in [1.807, 2.05) is 0 Å². The largest absolute Gasteiger partial charge is 0.377 e. The van der Waals surface area contributed by atoms with Crippen molar-refractivity contribution in [2.75, 3.05) is 40.3 Å². The van der Waals surface area contributed by atoms with E-state index in [2.05, 4.69) is 17.0 Å². The summed E-state index contributed by atoms with van der Waals surface area (Å²) in [6, 6.07) is 0. The Balaban J connectivity index is 2.28. The number of hydrogen-bond acceptors (Lipinski definition) is 4. The lowest BCUT2D eigenvalue weighted by atomic mass is 9.80. The number of nitrogens with zero attached hydrogens (tertiary/aromatic N) is 1. The van der Waals surface area contributed by atoms with Gasteiger partial charge in [-0.2, -0.15) is 17.4 Å². The zero-order valence-electron chi connectivity index (χ0n) is 12.9. The van der Waals surface area contributed by atoms with Crippen molar-refractivity contribution in [1.82, 2.24) is 14.3 Å². The minimum Gasteiger partial charge on any atom is -0.377 e. The lowest BCUT2D eigenvalue weighted by molar-refractivity contribution is -0.0661. The van der Waals surface area contributed by atoms with E-state index in [1.165, 1.54) is 4.31 Å². The Hall–Kier alpha value is -0.210. The molecule has 1 aliphatic rings. The Kier molecular flexibility index (Phi) is 7.39. The van der Waals surface area contributed by atoms with Crippen LogP contribution in [0.2, 0.25) is 0 Å². The van der Waals surface area contributed by atoms with Crippen LogP contribution in [0.5, 0.6) is 0 Å². The highest BCUT2D eigenvalue weighted by molar-refractivity contribution is 7.87. The lowest BCUT2D eigenvalue weighted by Gasteiger charge is -2.40. The summed E-state index contributed by atoms with van der Waals surface area (Å²) < 4.78 is 33.6. The van der Waals surface area contributed by atoms with Crippen molar-refractivity contribution in [2.45, 2.75) is 44.6 Å². The molecule has 0 atom stereocenters. The summed E-state index contributed by atoms with van der Waals surface area (Å²) in [6.45, 7) is 4.82. The van der Waals surface area contributed by atoms with E-state index < -0.39 is 10.2 Å². The molecule has 1 saturated carbocycles. The Bertz CT molecular complexity index is 364. The van der Waals surface area contributed by atoms with Crippen LogP contribution in [0.1, 0.15) is 39.0 Å². The topological polar surface area (TPSA) is 70.7 Å². The molecule has 20 heavy (non-hydrogen) atoms. The third-order valence-corrected chi connectivity index (χ3v) is 5.45. The van der Waals surface area contributed by atoms with Crippen LogP contribution in [0.3, 0.4) is 0 Å². The van der Waals surface area contributed by atoms with E-state index in [-0.39, 0.29) is 5.60 Å². The Morgan fingerprint density at radius 1 is 1.30 bits per heavy atom. The predicted octanol–water partition coefficient (Wildman–Crippen LogP) is 0.711. The van der Waals surface area contributed by atoms with Gasteiger partial charge >= 0.3 is 0 Å². The molecule has 6 nitrogen and oxygen atoms in total. The van der Waals surface area contributed by atoms with E-state index in [4.69, 9.17) is 4.74 Å². The fraction of sp³-hybridized carbons (Fsp3) is 1.00. The second-order valence-electron chi connectivity index (χ2n) is 5.49. The second-order valence-corrected chi connectivity index (χ2v) is 7.35. The highest BCUT2D eigenvalue weighted by Crippen LogP contribution is 2.34. The minimum atomic E-state index is -3.40. The third kappa shape index (κ3) is 5.29. The molecular weight excluding hydrogens is 278 g/mol. The van der Waals surface area contributed by atoms with Gasteiger partial charge in [0.1, 0.15) is 0 Å². The summed E-state index contributed by atoms with van der Waals surface area (Å²) >= 11 is 0. The molecular formula is C13H29N3O3S. The van der Waals surface area contributed by atoms with Crippen LogP contribution in [0.15, 0.2) is 0 Å². The SMILES string of the molecule is CCCNCCCN(C)S(=O)(=O)NCC1(OC)CCC1. The van der Waals surface area contributed by atoms with Crippen molar-refractivity contribution in [1.29, 1.82) is 0 Å². The molecule has 120 valence electrons. The van der Waals surface area contributed by atoms with Crippen LogP contribution in [0.25, 0.3) is 0 Å². The zero-order chi connectivity index (χ0) is 15.1. The molecule has 1 rings (SSSR count).